The summed E-state index contributed by atoms with van der Waals surface area (Å²) in [6, 6.07) is 0. The van der Waals surface area contributed by atoms with Crippen molar-refractivity contribution in [3.05, 3.63) is 36.8 Å². The maximum Gasteiger partial charge on any atom is 0.119 e. The van der Waals surface area contributed by atoms with Crippen LogP contribution in [0.25, 0.3) is 0 Å². The maximum atomic E-state index is 4.70. The molecule has 0 spiro atoms. The van der Waals surface area contributed by atoms with Gasteiger partial charge in [0.05, 0.1) is 5.70 Å². The van der Waals surface area contributed by atoms with E-state index in [0.717, 1.165) is 5.70 Å². The summed E-state index contributed by atoms with van der Waals surface area (Å²) in [6.45, 7) is 3.54. The second-order valence-corrected chi connectivity index (χ2v) is 1.37. The zero-order valence-electron chi connectivity index (χ0n) is 4.42. The van der Waals surface area contributed by atoms with Crippen molar-refractivity contribution >= 4 is 0 Å². The third kappa shape index (κ3) is 0.904. The lowest BCUT2D eigenvalue weighted by Crippen LogP contribution is -2.10. The highest BCUT2D eigenvalue weighted by Gasteiger charge is 1.88. The fourth-order valence-corrected chi connectivity index (χ4v) is 0.428. The standard InChI is InChI=1S/C6H7NO/c1-2-6-4-3-5-8-7-6/h2-5,7H,1H2. The summed E-state index contributed by atoms with van der Waals surface area (Å²) in [5.41, 5.74) is 3.51. The third-order valence-electron chi connectivity index (χ3n) is 0.819. The van der Waals surface area contributed by atoms with Gasteiger partial charge in [0.25, 0.3) is 0 Å². The number of hydrogen-bond donors (Lipinski definition) is 1. The van der Waals surface area contributed by atoms with Crippen molar-refractivity contribution in [1.29, 1.82) is 0 Å². The van der Waals surface area contributed by atoms with Crippen LogP contribution in [-0.4, -0.2) is 0 Å². The van der Waals surface area contributed by atoms with E-state index in [4.69, 9.17) is 4.84 Å². The van der Waals surface area contributed by atoms with Crippen molar-refractivity contribution in [3.8, 4) is 0 Å². The average Bonchev–Trinajstić information content (AvgIpc) is 1.90. The largest absolute Gasteiger partial charge is 0.390 e. The van der Waals surface area contributed by atoms with Crippen LogP contribution in [0.3, 0.4) is 0 Å². The fourth-order valence-electron chi connectivity index (χ4n) is 0.428. The van der Waals surface area contributed by atoms with Gasteiger partial charge in [-0.1, -0.05) is 6.58 Å². The molecule has 0 saturated heterocycles. The third-order valence-corrected chi connectivity index (χ3v) is 0.819. The Kier molecular flexibility index (Phi) is 1.37. The van der Waals surface area contributed by atoms with Gasteiger partial charge >= 0.3 is 0 Å². The summed E-state index contributed by atoms with van der Waals surface area (Å²) < 4.78 is 0. The Balaban J connectivity index is 2.63. The molecule has 2 nitrogen and oxygen atoms in total. The molecule has 0 unspecified atom stereocenters. The van der Waals surface area contributed by atoms with Crippen molar-refractivity contribution in [2.75, 3.05) is 0 Å². The molecule has 2 heteroatoms. The number of allylic oxidation sites excluding steroid dienone is 3. The number of nitrogens with one attached hydrogen (secondary N) is 1. The molecule has 0 aromatic heterocycles. The van der Waals surface area contributed by atoms with Crippen LogP contribution in [0.15, 0.2) is 36.8 Å². The molecule has 1 heterocycles. The quantitative estimate of drug-likeness (QED) is 0.544. The van der Waals surface area contributed by atoms with Crippen LogP contribution in [0.5, 0.6) is 0 Å². The van der Waals surface area contributed by atoms with Gasteiger partial charge in [-0.15, -0.1) is 0 Å². The van der Waals surface area contributed by atoms with Crippen LogP contribution >= 0.6 is 0 Å². The van der Waals surface area contributed by atoms with E-state index < -0.39 is 0 Å². The first kappa shape index (κ1) is 4.97. The molecule has 42 valence electrons. The molecule has 1 aliphatic rings. The summed E-state index contributed by atoms with van der Waals surface area (Å²) in [4.78, 5) is 4.70. The lowest BCUT2D eigenvalue weighted by Gasteiger charge is -2.06. The molecule has 0 radical (unpaired) electrons. The summed E-state index contributed by atoms with van der Waals surface area (Å²) in [5, 5.41) is 0. The SMILES string of the molecule is C=CC1=CC=CON1. The van der Waals surface area contributed by atoms with Crippen molar-refractivity contribution in [2.24, 2.45) is 0 Å². The molecule has 0 amide bonds. The minimum Gasteiger partial charge on any atom is -0.390 e. The smallest absolute Gasteiger partial charge is 0.119 e. The lowest BCUT2D eigenvalue weighted by atomic mass is 10.4. The first-order valence-corrected chi connectivity index (χ1v) is 2.34. The van der Waals surface area contributed by atoms with Crippen LogP contribution in [0, 0.1) is 0 Å². The van der Waals surface area contributed by atoms with Gasteiger partial charge in [-0.25, -0.2) is 5.48 Å². The van der Waals surface area contributed by atoms with Crippen molar-refractivity contribution in [2.45, 2.75) is 0 Å². The first-order valence-electron chi connectivity index (χ1n) is 2.34. The molecule has 8 heavy (non-hydrogen) atoms. The van der Waals surface area contributed by atoms with E-state index in [0.29, 0.717) is 0 Å². The molecule has 0 aromatic rings. The fraction of sp³-hybridized carbons (Fsp3) is 0. The maximum absolute atomic E-state index is 4.70. The van der Waals surface area contributed by atoms with Crippen molar-refractivity contribution < 1.29 is 4.84 Å². The minimum atomic E-state index is 0.882. The highest BCUT2D eigenvalue weighted by Crippen LogP contribution is 1.95. The average molecular weight is 109 g/mol. The lowest BCUT2D eigenvalue weighted by molar-refractivity contribution is 0.163. The molecule has 1 aliphatic heterocycles. The monoisotopic (exact) mass is 109 g/mol. The van der Waals surface area contributed by atoms with E-state index in [-0.39, 0.29) is 0 Å². The Morgan fingerprint density at radius 1 is 1.75 bits per heavy atom. The molecule has 1 N–H and O–H groups in total. The number of hydroxylamine groups is 1. The Hall–Kier alpha value is -1.18. The predicted octanol–water partition coefficient (Wildman–Crippen LogP) is 1.10. The van der Waals surface area contributed by atoms with Crippen LogP contribution in [0.2, 0.25) is 0 Å². The minimum absolute atomic E-state index is 0.882. The Morgan fingerprint density at radius 3 is 3.00 bits per heavy atom. The second kappa shape index (κ2) is 2.21. The van der Waals surface area contributed by atoms with Crippen molar-refractivity contribution in [1.82, 2.24) is 5.48 Å². The van der Waals surface area contributed by atoms with Crippen LogP contribution in [0.4, 0.5) is 0 Å². The molecular weight excluding hydrogens is 102 g/mol. The van der Waals surface area contributed by atoms with Gasteiger partial charge in [0.15, 0.2) is 0 Å². The summed E-state index contributed by atoms with van der Waals surface area (Å²) in [7, 11) is 0. The number of rotatable bonds is 1. The van der Waals surface area contributed by atoms with Gasteiger partial charge < -0.3 is 4.84 Å². The Morgan fingerprint density at radius 2 is 2.62 bits per heavy atom. The molecule has 0 bridgehead atoms. The van der Waals surface area contributed by atoms with Crippen LogP contribution in [-0.2, 0) is 4.84 Å². The topological polar surface area (TPSA) is 21.3 Å². The second-order valence-electron chi connectivity index (χ2n) is 1.37. The summed E-state index contributed by atoms with van der Waals surface area (Å²) in [5.74, 6) is 0. The van der Waals surface area contributed by atoms with Gasteiger partial charge in [0, 0.05) is 0 Å². The Bertz CT molecular complexity index is 147. The van der Waals surface area contributed by atoms with Crippen LogP contribution in [0.1, 0.15) is 0 Å². The molecule has 0 fully saturated rings. The van der Waals surface area contributed by atoms with Gasteiger partial charge in [-0.2, -0.15) is 0 Å². The normalized spacial score (nSPS) is 15.8. The molecule has 1 rings (SSSR count). The molecule has 0 atom stereocenters. The molecule has 0 saturated carbocycles. The van der Waals surface area contributed by atoms with Gasteiger partial charge in [-0.05, 0) is 18.2 Å². The van der Waals surface area contributed by atoms with Gasteiger partial charge in [0.1, 0.15) is 6.26 Å². The van der Waals surface area contributed by atoms with Gasteiger partial charge in [0.2, 0.25) is 0 Å². The number of hydrogen-bond acceptors (Lipinski definition) is 2. The van der Waals surface area contributed by atoms with E-state index in [9.17, 15) is 0 Å². The van der Waals surface area contributed by atoms with Gasteiger partial charge in [-0.3, -0.25) is 0 Å². The molecular formula is C6H7NO. The van der Waals surface area contributed by atoms with E-state index in [1.807, 2.05) is 6.08 Å². The Labute approximate surface area is 48.1 Å². The highest BCUT2D eigenvalue weighted by molar-refractivity contribution is 5.20. The van der Waals surface area contributed by atoms with E-state index in [1.165, 1.54) is 0 Å². The molecule has 0 aromatic carbocycles. The van der Waals surface area contributed by atoms with E-state index in [1.54, 1.807) is 18.4 Å². The van der Waals surface area contributed by atoms with E-state index >= 15 is 0 Å². The van der Waals surface area contributed by atoms with Crippen LogP contribution < -0.4 is 5.48 Å². The zero-order valence-corrected chi connectivity index (χ0v) is 4.42. The summed E-state index contributed by atoms with van der Waals surface area (Å²) in [6.07, 6.45) is 6.92. The highest BCUT2D eigenvalue weighted by atomic mass is 16.6. The van der Waals surface area contributed by atoms with Crippen molar-refractivity contribution in [3.63, 3.8) is 0 Å². The molecule has 0 aliphatic carbocycles. The van der Waals surface area contributed by atoms with E-state index in [2.05, 4.69) is 12.1 Å². The predicted molar refractivity (Wildman–Crippen MR) is 31.6 cm³/mol. The summed E-state index contributed by atoms with van der Waals surface area (Å²) >= 11 is 0. The first-order chi connectivity index (χ1) is 3.93. The zero-order chi connectivity index (χ0) is 5.82.